The summed E-state index contributed by atoms with van der Waals surface area (Å²) in [7, 11) is 6.05. The van der Waals surface area contributed by atoms with Crippen molar-refractivity contribution in [3.8, 4) is 23.0 Å². The van der Waals surface area contributed by atoms with Crippen molar-refractivity contribution in [2.75, 3.05) is 45.2 Å². The van der Waals surface area contributed by atoms with Gasteiger partial charge in [0, 0.05) is 54.7 Å². The number of amides is 5. The lowest BCUT2D eigenvalue weighted by Crippen LogP contribution is -2.50. The van der Waals surface area contributed by atoms with Crippen LogP contribution in [0.4, 0.5) is 21.0 Å². The Bertz CT molecular complexity index is 1090. The Labute approximate surface area is 202 Å². The zero-order valence-corrected chi connectivity index (χ0v) is 20.0. The number of imide groups is 1. The highest BCUT2D eigenvalue weighted by molar-refractivity contribution is 6.21. The summed E-state index contributed by atoms with van der Waals surface area (Å²) in [5.74, 6) is 1.66. The Morgan fingerprint density at radius 1 is 0.857 bits per heavy atom. The lowest BCUT2D eigenvalue weighted by atomic mass is 9.98. The van der Waals surface area contributed by atoms with Crippen LogP contribution in [-0.4, -0.2) is 69.9 Å². The molecule has 2 fully saturated rings. The summed E-state index contributed by atoms with van der Waals surface area (Å²) < 4.78 is 21.0. The molecule has 0 aromatic heterocycles. The molecule has 0 saturated carbocycles. The van der Waals surface area contributed by atoms with Crippen molar-refractivity contribution in [3.05, 3.63) is 36.4 Å². The molecule has 0 aliphatic carbocycles. The maximum absolute atomic E-state index is 13.2. The van der Waals surface area contributed by atoms with E-state index in [0.29, 0.717) is 53.8 Å². The summed E-state index contributed by atoms with van der Waals surface area (Å²) in [5, 5.41) is 5.67. The second kappa shape index (κ2) is 10.00. The third-order valence-corrected chi connectivity index (χ3v) is 6.08. The fourth-order valence-corrected chi connectivity index (χ4v) is 4.32. The van der Waals surface area contributed by atoms with Gasteiger partial charge in [-0.05, 0) is 12.8 Å². The number of hydrogen-bond acceptors (Lipinski definition) is 7. The monoisotopic (exact) mass is 484 g/mol. The second-order valence-electron chi connectivity index (χ2n) is 8.16. The number of nitrogens with one attached hydrogen (secondary N) is 2. The van der Waals surface area contributed by atoms with E-state index in [-0.39, 0.29) is 11.9 Å². The Balaban J connectivity index is 1.44. The SMILES string of the molecule is COc1cc(NC(=O)N[C@H]2CCN3C(=O)N(c4cc(OC)cc(OC)c4)C(=O)[C@@H]3C2)cc(OC)c1. The third kappa shape index (κ3) is 4.88. The van der Waals surface area contributed by atoms with Crippen molar-refractivity contribution < 1.29 is 33.3 Å². The van der Waals surface area contributed by atoms with Gasteiger partial charge in [-0.25, -0.2) is 14.5 Å². The number of piperidine rings is 1. The van der Waals surface area contributed by atoms with E-state index >= 15 is 0 Å². The molecular formula is C24H28N4O7. The number of ether oxygens (including phenoxy) is 4. The first-order valence-electron chi connectivity index (χ1n) is 11.0. The van der Waals surface area contributed by atoms with Crippen LogP contribution in [0.5, 0.6) is 23.0 Å². The Morgan fingerprint density at radius 3 is 1.94 bits per heavy atom. The lowest BCUT2D eigenvalue weighted by molar-refractivity contribution is -0.120. The molecule has 2 saturated heterocycles. The van der Waals surface area contributed by atoms with Gasteiger partial charge in [0.1, 0.15) is 29.0 Å². The van der Waals surface area contributed by atoms with Crippen molar-refractivity contribution in [3.63, 3.8) is 0 Å². The summed E-state index contributed by atoms with van der Waals surface area (Å²) in [6, 6.07) is 8.14. The van der Waals surface area contributed by atoms with Crippen molar-refractivity contribution in [2.45, 2.75) is 24.9 Å². The standard InChI is InChI=1S/C24H28N4O7/c1-32-17-7-15(8-18(12-17)33-2)26-23(30)25-14-5-6-27-21(9-14)22(29)28(24(27)31)16-10-19(34-3)13-20(11-16)35-4/h7-8,10-14,21H,5-6,9H2,1-4H3,(H2,25,26,30)/t14-,21-/m0/s1. The van der Waals surface area contributed by atoms with Gasteiger partial charge in [-0.3, -0.25) is 4.79 Å². The maximum Gasteiger partial charge on any atom is 0.332 e. The minimum Gasteiger partial charge on any atom is -0.497 e. The van der Waals surface area contributed by atoms with Gasteiger partial charge in [0.15, 0.2) is 0 Å². The molecule has 186 valence electrons. The van der Waals surface area contributed by atoms with Crippen LogP contribution >= 0.6 is 0 Å². The average Bonchev–Trinajstić information content (AvgIpc) is 3.12. The Hall–Kier alpha value is -4.15. The van der Waals surface area contributed by atoms with Crippen LogP contribution in [0.25, 0.3) is 0 Å². The number of carbonyl (C=O) groups excluding carboxylic acids is 3. The molecule has 2 aromatic rings. The van der Waals surface area contributed by atoms with Gasteiger partial charge in [0.25, 0.3) is 5.91 Å². The maximum atomic E-state index is 13.2. The summed E-state index contributed by atoms with van der Waals surface area (Å²) in [6.45, 7) is 0.338. The van der Waals surface area contributed by atoms with E-state index in [1.54, 1.807) is 36.4 Å². The minimum absolute atomic E-state index is 0.291. The zero-order valence-electron chi connectivity index (χ0n) is 20.0. The van der Waals surface area contributed by atoms with E-state index in [1.165, 1.54) is 33.3 Å². The predicted molar refractivity (Wildman–Crippen MR) is 128 cm³/mol. The highest BCUT2D eigenvalue weighted by Crippen LogP contribution is 2.35. The van der Waals surface area contributed by atoms with Crippen molar-refractivity contribution in [2.24, 2.45) is 0 Å². The lowest BCUT2D eigenvalue weighted by Gasteiger charge is -2.32. The van der Waals surface area contributed by atoms with E-state index < -0.39 is 18.1 Å². The van der Waals surface area contributed by atoms with Crippen LogP contribution in [-0.2, 0) is 4.79 Å². The van der Waals surface area contributed by atoms with Crippen molar-refractivity contribution in [1.29, 1.82) is 0 Å². The largest absolute Gasteiger partial charge is 0.497 e. The molecule has 2 aliphatic rings. The number of urea groups is 2. The summed E-state index contributed by atoms with van der Waals surface area (Å²) in [6.07, 6.45) is 0.816. The first kappa shape index (κ1) is 24.0. The quantitative estimate of drug-likeness (QED) is 0.580. The predicted octanol–water partition coefficient (Wildman–Crippen LogP) is 2.84. The first-order valence-corrected chi connectivity index (χ1v) is 11.0. The summed E-state index contributed by atoms with van der Waals surface area (Å²) in [4.78, 5) is 41.6. The molecule has 0 bridgehead atoms. The molecule has 4 rings (SSSR count). The molecule has 0 unspecified atom stereocenters. The van der Waals surface area contributed by atoms with Gasteiger partial charge in [-0.2, -0.15) is 0 Å². The molecule has 0 radical (unpaired) electrons. The van der Waals surface area contributed by atoms with Crippen molar-refractivity contribution in [1.82, 2.24) is 10.2 Å². The number of hydrogen-bond donors (Lipinski definition) is 2. The number of fused-ring (bicyclic) bond motifs is 1. The molecule has 2 atom stereocenters. The Kier molecular flexibility index (Phi) is 6.85. The average molecular weight is 485 g/mol. The summed E-state index contributed by atoms with van der Waals surface area (Å²) in [5.41, 5.74) is 0.876. The van der Waals surface area contributed by atoms with Crippen LogP contribution in [0.2, 0.25) is 0 Å². The number of anilines is 2. The highest BCUT2D eigenvalue weighted by Gasteiger charge is 2.49. The van der Waals surface area contributed by atoms with E-state index in [2.05, 4.69) is 10.6 Å². The van der Waals surface area contributed by atoms with Crippen LogP contribution in [0, 0.1) is 0 Å². The number of methoxy groups -OCH3 is 4. The van der Waals surface area contributed by atoms with Gasteiger partial charge in [-0.15, -0.1) is 0 Å². The summed E-state index contributed by atoms with van der Waals surface area (Å²) >= 11 is 0. The van der Waals surface area contributed by atoms with E-state index in [1.807, 2.05) is 0 Å². The molecule has 2 aromatic carbocycles. The molecule has 11 heteroatoms. The van der Waals surface area contributed by atoms with Gasteiger partial charge in [-0.1, -0.05) is 0 Å². The highest BCUT2D eigenvalue weighted by atomic mass is 16.5. The molecule has 2 N–H and O–H groups in total. The molecule has 11 nitrogen and oxygen atoms in total. The molecule has 2 heterocycles. The molecule has 5 amide bonds. The van der Waals surface area contributed by atoms with Gasteiger partial charge < -0.3 is 34.5 Å². The first-order chi connectivity index (χ1) is 16.9. The van der Waals surface area contributed by atoms with E-state index in [0.717, 1.165) is 4.90 Å². The van der Waals surface area contributed by atoms with Gasteiger partial charge in [0.05, 0.1) is 34.1 Å². The second-order valence-corrected chi connectivity index (χ2v) is 8.16. The number of carbonyl (C=O) groups is 3. The molecule has 35 heavy (non-hydrogen) atoms. The van der Waals surface area contributed by atoms with Crippen LogP contribution in [0.3, 0.4) is 0 Å². The minimum atomic E-state index is -0.671. The Morgan fingerprint density at radius 2 is 1.40 bits per heavy atom. The van der Waals surface area contributed by atoms with Crippen molar-refractivity contribution >= 4 is 29.3 Å². The fraction of sp³-hybridized carbons (Fsp3) is 0.375. The van der Waals surface area contributed by atoms with E-state index in [9.17, 15) is 14.4 Å². The van der Waals surface area contributed by atoms with Gasteiger partial charge >= 0.3 is 12.1 Å². The molecule has 2 aliphatic heterocycles. The smallest absolute Gasteiger partial charge is 0.332 e. The van der Waals surface area contributed by atoms with Gasteiger partial charge in [0.2, 0.25) is 0 Å². The molecule has 0 spiro atoms. The van der Waals surface area contributed by atoms with Crippen LogP contribution in [0.1, 0.15) is 12.8 Å². The fourth-order valence-electron chi connectivity index (χ4n) is 4.32. The van der Waals surface area contributed by atoms with Crippen LogP contribution in [0.15, 0.2) is 36.4 Å². The third-order valence-electron chi connectivity index (χ3n) is 6.08. The number of nitrogens with zero attached hydrogens (tertiary/aromatic N) is 2. The normalized spacial score (nSPS) is 19.2. The number of benzene rings is 2. The topological polar surface area (TPSA) is 119 Å². The molecular weight excluding hydrogens is 456 g/mol. The van der Waals surface area contributed by atoms with E-state index in [4.69, 9.17) is 18.9 Å². The number of rotatable bonds is 7. The zero-order chi connectivity index (χ0) is 25.1. The van der Waals surface area contributed by atoms with Crippen LogP contribution < -0.4 is 34.5 Å².